The van der Waals surface area contributed by atoms with E-state index in [4.69, 9.17) is 4.74 Å². The molecule has 4 saturated carbocycles. The zero-order chi connectivity index (χ0) is 24.0. The van der Waals surface area contributed by atoms with E-state index < -0.39 is 0 Å². The Hall–Kier alpha value is -0.790. The minimum Gasteiger partial charge on any atom is -0.462 e. The lowest BCUT2D eigenvalue weighted by Crippen LogP contribution is -2.65. The predicted molar refractivity (Wildman–Crippen MR) is 136 cm³/mol. The summed E-state index contributed by atoms with van der Waals surface area (Å²) in [6.07, 6.45) is 17.5. The molecule has 0 bridgehead atoms. The van der Waals surface area contributed by atoms with E-state index in [1.54, 1.807) is 6.92 Å². The third-order valence-electron chi connectivity index (χ3n) is 12.8. The van der Waals surface area contributed by atoms with Crippen LogP contribution in [0.25, 0.3) is 0 Å². The van der Waals surface area contributed by atoms with Gasteiger partial charge in [-0.15, -0.1) is 0 Å². The van der Waals surface area contributed by atoms with E-state index in [2.05, 4.69) is 60.6 Å². The van der Waals surface area contributed by atoms with Gasteiger partial charge < -0.3 is 4.74 Å². The second-order valence-corrected chi connectivity index (χ2v) is 15.1. The van der Waals surface area contributed by atoms with Crippen molar-refractivity contribution in [3.8, 4) is 0 Å². The second kappa shape index (κ2) is 7.36. The number of ether oxygens (including phenoxy) is 1. The Morgan fingerprint density at radius 2 is 1.48 bits per heavy atom. The van der Waals surface area contributed by atoms with Crippen molar-refractivity contribution in [2.24, 2.45) is 56.7 Å². The summed E-state index contributed by atoms with van der Waals surface area (Å²) in [5, 5.41) is 0. The second-order valence-electron chi connectivity index (χ2n) is 15.1. The van der Waals surface area contributed by atoms with E-state index >= 15 is 0 Å². The molecule has 0 radical (unpaired) electrons. The van der Waals surface area contributed by atoms with Crippen molar-refractivity contribution >= 4 is 5.97 Å². The third-order valence-corrected chi connectivity index (χ3v) is 12.8. The quantitative estimate of drug-likeness (QED) is 0.295. The smallest absolute Gasteiger partial charge is 0.302 e. The summed E-state index contributed by atoms with van der Waals surface area (Å²) in [4.78, 5) is 11.8. The molecule has 0 saturated heterocycles. The highest BCUT2D eigenvalue weighted by Gasteiger charge is 2.67. The van der Waals surface area contributed by atoms with Gasteiger partial charge in [-0.05, 0) is 109 Å². The minimum atomic E-state index is -0.114. The zero-order valence-electron chi connectivity index (χ0n) is 22.8. The van der Waals surface area contributed by atoms with Crippen molar-refractivity contribution in [1.29, 1.82) is 0 Å². The Balaban J connectivity index is 1.51. The number of carbonyl (C=O) groups excluding carboxylic acids is 1. The van der Waals surface area contributed by atoms with Gasteiger partial charge in [0.25, 0.3) is 0 Å². The van der Waals surface area contributed by atoms with Crippen LogP contribution in [0.2, 0.25) is 0 Å². The van der Waals surface area contributed by atoms with Crippen molar-refractivity contribution in [2.45, 2.75) is 119 Å². The molecule has 33 heavy (non-hydrogen) atoms. The van der Waals surface area contributed by atoms with Crippen LogP contribution in [0.3, 0.4) is 0 Å². The number of hydrogen-bond donors (Lipinski definition) is 0. The summed E-state index contributed by atoms with van der Waals surface area (Å²) < 4.78 is 5.89. The molecule has 2 nitrogen and oxygen atoms in total. The Morgan fingerprint density at radius 3 is 2.18 bits per heavy atom. The normalized spacial score (nSPS) is 52.0. The van der Waals surface area contributed by atoms with Gasteiger partial charge in [0.2, 0.25) is 0 Å². The highest BCUT2D eigenvalue weighted by atomic mass is 16.5. The molecule has 5 aliphatic carbocycles. The molecule has 0 aromatic carbocycles. The van der Waals surface area contributed by atoms with Gasteiger partial charge in [0.15, 0.2) is 0 Å². The van der Waals surface area contributed by atoms with Crippen LogP contribution in [-0.4, -0.2) is 12.1 Å². The SMILES string of the molecule is CC(=O)O[C@@H]1CC[C@@]2(C)[C@H]3C=C[C@H]4[C@@H]5CC(C)(C)CC[C@H]5CC[C@]4(C)[C@@]3(C)CC[C@H]2C1(C)C. The number of hydrogen-bond acceptors (Lipinski definition) is 2. The molecule has 5 rings (SSSR count). The molecule has 0 heterocycles. The summed E-state index contributed by atoms with van der Waals surface area (Å²) in [6, 6.07) is 0. The fourth-order valence-electron chi connectivity index (χ4n) is 10.8. The summed E-state index contributed by atoms with van der Waals surface area (Å²) >= 11 is 0. The van der Waals surface area contributed by atoms with Crippen LogP contribution in [0.5, 0.6) is 0 Å². The highest BCUT2D eigenvalue weighted by Crippen LogP contribution is 2.74. The molecule has 0 aromatic rings. The number of carbonyl (C=O) groups is 1. The van der Waals surface area contributed by atoms with Crippen LogP contribution in [0.4, 0.5) is 0 Å². The van der Waals surface area contributed by atoms with Crippen molar-refractivity contribution < 1.29 is 9.53 Å². The first-order valence-corrected chi connectivity index (χ1v) is 14.1. The van der Waals surface area contributed by atoms with Gasteiger partial charge in [0, 0.05) is 12.3 Å². The van der Waals surface area contributed by atoms with Gasteiger partial charge in [-0.3, -0.25) is 4.79 Å². The number of rotatable bonds is 1. The Kier molecular flexibility index (Phi) is 5.34. The lowest BCUT2D eigenvalue weighted by atomic mass is 9.34. The number of fused-ring (bicyclic) bond motifs is 7. The molecule has 0 amide bonds. The molecule has 0 aliphatic heterocycles. The van der Waals surface area contributed by atoms with E-state index in [1.807, 2.05) is 0 Å². The molecular formula is C31H50O2. The zero-order valence-corrected chi connectivity index (χ0v) is 22.8. The maximum Gasteiger partial charge on any atom is 0.302 e. The molecule has 2 heteroatoms. The van der Waals surface area contributed by atoms with E-state index in [0.29, 0.717) is 33.5 Å². The summed E-state index contributed by atoms with van der Waals surface area (Å²) in [7, 11) is 0. The largest absolute Gasteiger partial charge is 0.462 e. The molecule has 0 spiro atoms. The topological polar surface area (TPSA) is 26.3 Å². The van der Waals surface area contributed by atoms with Crippen molar-refractivity contribution in [3.63, 3.8) is 0 Å². The monoisotopic (exact) mass is 454 g/mol. The van der Waals surface area contributed by atoms with Gasteiger partial charge in [-0.2, -0.15) is 0 Å². The molecule has 186 valence electrons. The maximum absolute atomic E-state index is 11.8. The lowest BCUT2D eigenvalue weighted by molar-refractivity contribution is -0.216. The fraction of sp³-hybridized carbons (Fsp3) is 0.903. The van der Waals surface area contributed by atoms with Crippen molar-refractivity contribution in [2.75, 3.05) is 0 Å². The molecule has 4 fully saturated rings. The first kappa shape index (κ1) is 23.9. The molecular weight excluding hydrogens is 404 g/mol. The van der Waals surface area contributed by atoms with Crippen LogP contribution in [0.15, 0.2) is 12.2 Å². The van der Waals surface area contributed by atoms with E-state index in [0.717, 1.165) is 24.2 Å². The summed E-state index contributed by atoms with van der Waals surface area (Å²) in [5.41, 5.74) is 1.62. The first-order chi connectivity index (χ1) is 15.2. The maximum atomic E-state index is 11.8. The summed E-state index contributed by atoms with van der Waals surface area (Å²) in [5.74, 6) is 3.71. The van der Waals surface area contributed by atoms with Crippen LogP contribution in [0, 0.1) is 56.7 Å². The van der Waals surface area contributed by atoms with Crippen LogP contribution < -0.4 is 0 Å². The molecule has 0 unspecified atom stereocenters. The van der Waals surface area contributed by atoms with Gasteiger partial charge in [-0.25, -0.2) is 0 Å². The van der Waals surface area contributed by atoms with Crippen LogP contribution in [-0.2, 0) is 9.53 Å². The third kappa shape index (κ3) is 3.27. The molecule has 5 aliphatic rings. The predicted octanol–water partition coefficient (Wildman–Crippen LogP) is 8.21. The van der Waals surface area contributed by atoms with Crippen LogP contribution >= 0.6 is 0 Å². The molecule has 9 atom stereocenters. The van der Waals surface area contributed by atoms with Gasteiger partial charge in [-0.1, -0.05) is 60.6 Å². The molecule has 0 N–H and O–H groups in total. The van der Waals surface area contributed by atoms with Gasteiger partial charge >= 0.3 is 5.97 Å². The average molecular weight is 455 g/mol. The fourth-order valence-corrected chi connectivity index (χ4v) is 10.8. The van der Waals surface area contributed by atoms with Crippen LogP contribution in [0.1, 0.15) is 113 Å². The number of allylic oxidation sites excluding steroid dienone is 2. The average Bonchev–Trinajstić information content (AvgIpc) is 2.70. The number of esters is 1. The Bertz CT molecular complexity index is 838. The van der Waals surface area contributed by atoms with E-state index in [9.17, 15) is 4.79 Å². The van der Waals surface area contributed by atoms with E-state index in [-0.39, 0.29) is 17.5 Å². The summed E-state index contributed by atoms with van der Waals surface area (Å²) in [6.45, 7) is 19.4. The van der Waals surface area contributed by atoms with Gasteiger partial charge in [0.1, 0.15) is 6.10 Å². The minimum absolute atomic E-state index is 0.0383. The lowest BCUT2D eigenvalue weighted by Gasteiger charge is -2.71. The van der Waals surface area contributed by atoms with E-state index in [1.165, 1.54) is 51.4 Å². The highest BCUT2D eigenvalue weighted by molar-refractivity contribution is 5.66. The van der Waals surface area contributed by atoms with Gasteiger partial charge in [0.05, 0.1) is 0 Å². The molecule has 0 aromatic heterocycles. The Morgan fingerprint density at radius 1 is 0.818 bits per heavy atom. The Labute approximate surface area is 203 Å². The standard InChI is InChI=1S/C31H50O2/c1-20(32)33-26-14-16-29(6)24(28(26,4)5)13-18-31(8)25(29)10-9-23-22-19-27(2,3)15-11-21(22)12-17-30(23,31)7/h9-10,21-26H,11-19H2,1-8H3/t21-,22+,23-,24-,25+,26+,29+,30-,31-/m0/s1. The first-order valence-electron chi connectivity index (χ1n) is 14.1. The van der Waals surface area contributed by atoms with Crippen molar-refractivity contribution in [1.82, 2.24) is 0 Å². The van der Waals surface area contributed by atoms with Crippen molar-refractivity contribution in [3.05, 3.63) is 12.2 Å².